The summed E-state index contributed by atoms with van der Waals surface area (Å²) >= 11 is 0. The molecule has 3 nitrogen and oxygen atoms in total. The maximum absolute atomic E-state index is 13.6. The molecule has 0 amide bonds. The Hall–Kier alpha value is -1.13. The van der Waals surface area contributed by atoms with E-state index >= 15 is 0 Å². The van der Waals surface area contributed by atoms with Crippen LogP contribution in [0.25, 0.3) is 0 Å². The molecule has 0 aliphatic carbocycles. The van der Waals surface area contributed by atoms with Gasteiger partial charge in [0.05, 0.1) is 6.04 Å². The van der Waals surface area contributed by atoms with Crippen molar-refractivity contribution in [2.24, 2.45) is 0 Å². The molecule has 0 saturated carbocycles. The quantitative estimate of drug-likeness (QED) is 0.890. The van der Waals surface area contributed by atoms with Crippen LogP contribution in [-0.2, 0) is 0 Å². The number of unbranched alkanes of at least 4 members (excludes halogenated alkanes) is 1. The Balaban J connectivity index is 2.18. The number of benzene rings is 1. The van der Waals surface area contributed by atoms with Crippen molar-refractivity contribution in [3.63, 3.8) is 0 Å². The molecule has 0 saturated heterocycles. The maximum Gasteiger partial charge on any atom is 0.165 e. The Morgan fingerprint density at radius 2 is 2.21 bits per heavy atom. The molecule has 19 heavy (non-hydrogen) atoms. The molecule has 1 heterocycles. The molecule has 0 bridgehead atoms. The number of ether oxygens (including phenoxy) is 1. The van der Waals surface area contributed by atoms with Crippen molar-refractivity contribution >= 4 is 0 Å². The molecule has 1 aromatic carbocycles. The van der Waals surface area contributed by atoms with Gasteiger partial charge in [-0.1, -0.05) is 32.4 Å². The highest BCUT2D eigenvalue weighted by Gasteiger charge is 2.34. The van der Waals surface area contributed by atoms with E-state index in [-0.39, 0.29) is 11.8 Å². The number of hydrogen-bond donors (Lipinski definition) is 1. The van der Waals surface area contributed by atoms with E-state index in [0.717, 1.165) is 25.9 Å². The smallest absolute Gasteiger partial charge is 0.165 e. The maximum atomic E-state index is 13.6. The van der Waals surface area contributed by atoms with Gasteiger partial charge < -0.3 is 9.84 Å². The summed E-state index contributed by atoms with van der Waals surface area (Å²) in [4.78, 5) is 2.21. The van der Waals surface area contributed by atoms with Gasteiger partial charge in [-0.15, -0.1) is 0 Å². The minimum Gasteiger partial charge on any atom is -0.488 e. The van der Waals surface area contributed by atoms with Crippen LogP contribution in [0.15, 0.2) is 18.2 Å². The molecular formula is C15H22FNO2. The Labute approximate surface area is 114 Å². The van der Waals surface area contributed by atoms with Crippen LogP contribution in [0.3, 0.4) is 0 Å². The molecule has 1 N–H and O–H groups in total. The van der Waals surface area contributed by atoms with Crippen LogP contribution in [0.5, 0.6) is 5.75 Å². The lowest BCUT2D eigenvalue weighted by Crippen LogP contribution is -2.46. The minimum atomic E-state index is -0.684. The second-order valence-corrected chi connectivity index (χ2v) is 4.96. The number of aliphatic hydroxyl groups excluding tert-OH is 1. The van der Waals surface area contributed by atoms with Gasteiger partial charge in [0.1, 0.15) is 12.7 Å². The van der Waals surface area contributed by atoms with Gasteiger partial charge in [-0.3, -0.25) is 4.90 Å². The normalized spacial score (nSPS) is 22.2. The van der Waals surface area contributed by atoms with Crippen molar-refractivity contribution in [2.75, 3.05) is 19.7 Å². The lowest BCUT2D eigenvalue weighted by molar-refractivity contribution is 0.00337. The molecule has 4 heteroatoms. The van der Waals surface area contributed by atoms with Crippen molar-refractivity contribution in [1.82, 2.24) is 4.90 Å². The lowest BCUT2D eigenvalue weighted by Gasteiger charge is -2.37. The van der Waals surface area contributed by atoms with Gasteiger partial charge in [0, 0.05) is 5.56 Å². The first-order chi connectivity index (χ1) is 9.19. The van der Waals surface area contributed by atoms with Crippen LogP contribution >= 0.6 is 0 Å². The predicted molar refractivity (Wildman–Crippen MR) is 72.8 cm³/mol. The predicted octanol–water partition coefficient (Wildman–Crippen LogP) is 2.74. The summed E-state index contributed by atoms with van der Waals surface area (Å²) in [5.41, 5.74) is 0.561. The van der Waals surface area contributed by atoms with Crippen LogP contribution in [0.4, 0.5) is 4.39 Å². The van der Waals surface area contributed by atoms with Crippen molar-refractivity contribution in [2.45, 2.75) is 38.8 Å². The third-order valence-electron chi connectivity index (χ3n) is 3.75. The van der Waals surface area contributed by atoms with E-state index in [2.05, 4.69) is 18.7 Å². The molecule has 1 aliphatic rings. The topological polar surface area (TPSA) is 32.7 Å². The molecule has 2 rings (SSSR count). The fourth-order valence-corrected chi connectivity index (χ4v) is 2.60. The van der Waals surface area contributed by atoms with Crippen LogP contribution in [-0.4, -0.2) is 35.7 Å². The number of rotatable bonds is 5. The molecule has 1 aromatic rings. The second kappa shape index (κ2) is 6.35. The Morgan fingerprint density at radius 3 is 2.89 bits per heavy atom. The number of aliphatic hydroxyl groups is 1. The molecule has 0 fully saturated rings. The van der Waals surface area contributed by atoms with E-state index in [1.165, 1.54) is 6.07 Å². The van der Waals surface area contributed by atoms with E-state index in [0.29, 0.717) is 12.2 Å². The van der Waals surface area contributed by atoms with Crippen LogP contribution in [0.2, 0.25) is 0 Å². The van der Waals surface area contributed by atoms with E-state index in [1.807, 2.05) is 0 Å². The summed E-state index contributed by atoms with van der Waals surface area (Å²) in [7, 11) is 0. The summed E-state index contributed by atoms with van der Waals surface area (Å²) in [5, 5.41) is 10.5. The molecule has 106 valence electrons. The summed E-state index contributed by atoms with van der Waals surface area (Å²) in [6, 6.07) is 4.63. The number of para-hydroxylation sites is 1. The highest BCUT2D eigenvalue weighted by Crippen LogP contribution is 2.36. The van der Waals surface area contributed by atoms with Gasteiger partial charge >= 0.3 is 0 Å². The van der Waals surface area contributed by atoms with E-state index in [1.54, 1.807) is 12.1 Å². The summed E-state index contributed by atoms with van der Waals surface area (Å²) in [5.74, 6) is -0.190. The SMILES string of the molecule is CCCCN(CC)C1COc2c(F)cccc2C1O. The molecule has 2 unspecified atom stereocenters. The highest BCUT2D eigenvalue weighted by atomic mass is 19.1. The van der Waals surface area contributed by atoms with Crippen molar-refractivity contribution in [3.05, 3.63) is 29.6 Å². The van der Waals surface area contributed by atoms with Gasteiger partial charge in [0.2, 0.25) is 0 Å². The Morgan fingerprint density at radius 1 is 1.42 bits per heavy atom. The summed E-state index contributed by atoms with van der Waals surface area (Å²) in [6.07, 6.45) is 1.52. The largest absolute Gasteiger partial charge is 0.488 e. The first-order valence-electron chi connectivity index (χ1n) is 7.02. The number of halogens is 1. The number of fused-ring (bicyclic) bond motifs is 1. The van der Waals surface area contributed by atoms with Crippen LogP contribution < -0.4 is 4.74 Å². The van der Waals surface area contributed by atoms with Crippen molar-refractivity contribution in [1.29, 1.82) is 0 Å². The zero-order chi connectivity index (χ0) is 13.8. The van der Waals surface area contributed by atoms with Crippen LogP contribution in [0.1, 0.15) is 38.4 Å². The van der Waals surface area contributed by atoms with E-state index < -0.39 is 11.9 Å². The number of hydrogen-bond acceptors (Lipinski definition) is 3. The van der Waals surface area contributed by atoms with Gasteiger partial charge in [-0.2, -0.15) is 0 Å². The third-order valence-corrected chi connectivity index (χ3v) is 3.75. The third kappa shape index (κ3) is 2.90. The molecule has 0 radical (unpaired) electrons. The first-order valence-corrected chi connectivity index (χ1v) is 7.02. The Bertz CT molecular complexity index is 425. The average molecular weight is 267 g/mol. The monoisotopic (exact) mass is 267 g/mol. The zero-order valence-corrected chi connectivity index (χ0v) is 11.6. The Kier molecular flexibility index (Phi) is 4.77. The second-order valence-electron chi connectivity index (χ2n) is 4.96. The van der Waals surface area contributed by atoms with E-state index in [9.17, 15) is 9.50 Å². The summed E-state index contributed by atoms with van der Waals surface area (Å²) in [6.45, 7) is 6.35. The molecular weight excluding hydrogens is 245 g/mol. The fraction of sp³-hybridized carbons (Fsp3) is 0.600. The zero-order valence-electron chi connectivity index (χ0n) is 11.6. The van der Waals surface area contributed by atoms with Crippen molar-refractivity contribution < 1.29 is 14.2 Å². The highest BCUT2D eigenvalue weighted by molar-refractivity contribution is 5.39. The standard InChI is InChI=1S/C15H22FNO2/c1-3-5-9-17(4-2)13-10-19-15-11(14(13)18)7-6-8-12(15)16/h6-8,13-14,18H,3-5,9-10H2,1-2H3. The molecule has 1 aliphatic heterocycles. The van der Waals surface area contributed by atoms with Gasteiger partial charge in [-0.25, -0.2) is 4.39 Å². The first kappa shape index (κ1) is 14.3. The van der Waals surface area contributed by atoms with Gasteiger partial charge in [-0.05, 0) is 25.6 Å². The molecule has 0 aromatic heterocycles. The number of likely N-dealkylation sites (N-methyl/N-ethyl adjacent to an activating group) is 1. The molecule has 0 spiro atoms. The fourth-order valence-electron chi connectivity index (χ4n) is 2.60. The van der Waals surface area contributed by atoms with Crippen LogP contribution in [0, 0.1) is 5.82 Å². The molecule has 2 atom stereocenters. The van der Waals surface area contributed by atoms with E-state index in [4.69, 9.17) is 4.74 Å². The number of nitrogens with zero attached hydrogens (tertiary/aromatic N) is 1. The lowest BCUT2D eigenvalue weighted by atomic mass is 9.97. The minimum absolute atomic E-state index is 0.0918. The van der Waals surface area contributed by atoms with Gasteiger partial charge in [0.25, 0.3) is 0 Å². The summed E-state index contributed by atoms with van der Waals surface area (Å²) < 4.78 is 19.1. The van der Waals surface area contributed by atoms with Gasteiger partial charge in [0.15, 0.2) is 11.6 Å². The average Bonchev–Trinajstić information content (AvgIpc) is 2.42. The van der Waals surface area contributed by atoms with Crippen molar-refractivity contribution in [3.8, 4) is 5.75 Å².